The van der Waals surface area contributed by atoms with Gasteiger partial charge in [-0.15, -0.1) is 0 Å². The van der Waals surface area contributed by atoms with E-state index in [-0.39, 0.29) is 11.6 Å². The molecule has 0 atom stereocenters. The minimum Gasteiger partial charge on any atom is -0.318 e. The zero-order valence-corrected chi connectivity index (χ0v) is 12.4. The SMILES string of the molecule is CNCCN(C)S(=O)(=O)c1cc(C(F)(F)F)ccc1Cl. The second kappa shape index (κ2) is 6.30. The predicted octanol–water partition coefficient (Wildman–Crippen LogP) is 2.20. The smallest absolute Gasteiger partial charge is 0.318 e. The van der Waals surface area contributed by atoms with Crippen LogP contribution in [0.5, 0.6) is 0 Å². The number of alkyl halides is 3. The molecule has 0 fully saturated rings. The lowest BCUT2D eigenvalue weighted by atomic mass is 10.2. The van der Waals surface area contributed by atoms with Gasteiger partial charge in [0.2, 0.25) is 10.0 Å². The molecule has 0 unspecified atom stereocenters. The van der Waals surface area contributed by atoms with Gasteiger partial charge in [-0.3, -0.25) is 0 Å². The molecule has 0 aliphatic rings. The summed E-state index contributed by atoms with van der Waals surface area (Å²) in [6.45, 7) is 0.484. The van der Waals surface area contributed by atoms with Crippen molar-refractivity contribution in [2.24, 2.45) is 0 Å². The number of nitrogens with one attached hydrogen (secondary N) is 1. The molecule has 20 heavy (non-hydrogen) atoms. The van der Waals surface area contributed by atoms with Crippen molar-refractivity contribution in [2.45, 2.75) is 11.1 Å². The highest BCUT2D eigenvalue weighted by molar-refractivity contribution is 7.89. The molecular formula is C11H14ClF3N2O2S. The molecule has 4 nitrogen and oxygen atoms in total. The normalized spacial score (nSPS) is 12.9. The Labute approximate surface area is 120 Å². The first-order valence-electron chi connectivity index (χ1n) is 5.58. The Kier molecular flexibility index (Phi) is 5.42. The number of hydrogen-bond donors (Lipinski definition) is 1. The van der Waals surface area contributed by atoms with Crippen LogP contribution in [-0.4, -0.2) is 39.9 Å². The summed E-state index contributed by atoms with van der Waals surface area (Å²) in [7, 11) is -1.15. The number of nitrogens with zero attached hydrogens (tertiary/aromatic N) is 1. The third-order valence-corrected chi connectivity index (χ3v) is 4.96. The third kappa shape index (κ3) is 3.85. The van der Waals surface area contributed by atoms with E-state index < -0.39 is 26.7 Å². The zero-order valence-electron chi connectivity index (χ0n) is 10.8. The van der Waals surface area contributed by atoms with Gasteiger partial charge in [-0.1, -0.05) is 11.6 Å². The van der Waals surface area contributed by atoms with Crippen LogP contribution in [0.1, 0.15) is 5.56 Å². The van der Waals surface area contributed by atoms with Gasteiger partial charge in [0, 0.05) is 20.1 Å². The summed E-state index contributed by atoms with van der Waals surface area (Å²) in [5, 5.41) is 2.51. The highest BCUT2D eigenvalue weighted by atomic mass is 35.5. The van der Waals surface area contributed by atoms with Gasteiger partial charge < -0.3 is 5.32 Å². The molecule has 0 heterocycles. The summed E-state index contributed by atoms with van der Waals surface area (Å²) >= 11 is 5.72. The molecule has 0 spiro atoms. The van der Waals surface area contributed by atoms with Crippen LogP contribution < -0.4 is 5.32 Å². The van der Waals surface area contributed by atoms with Crippen LogP contribution in [0.25, 0.3) is 0 Å². The van der Waals surface area contributed by atoms with Crippen LogP contribution in [0.15, 0.2) is 23.1 Å². The lowest BCUT2D eigenvalue weighted by Crippen LogP contribution is -2.33. The van der Waals surface area contributed by atoms with Gasteiger partial charge in [0.25, 0.3) is 0 Å². The van der Waals surface area contributed by atoms with Gasteiger partial charge in [-0.25, -0.2) is 8.42 Å². The minimum atomic E-state index is -4.63. The molecule has 1 rings (SSSR count). The van der Waals surface area contributed by atoms with E-state index in [1.165, 1.54) is 7.05 Å². The van der Waals surface area contributed by atoms with Crippen LogP contribution in [0.3, 0.4) is 0 Å². The van der Waals surface area contributed by atoms with E-state index >= 15 is 0 Å². The van der Waals surface area contributed by atoms with Gasteiger partial charge in [-0.05, 0) is 25.2 Å². The number of benzene rings is 1. The highest BCUT2D eigenvalue weighted by Crippen LogP contribution is 2.34. The topological polar surface area (TPSA) is 49.4 Å². The number of hydrogen-bond acceptors (Lipinski definition) is 3. The van der Waals surface area contributed by atoms with Crippen molar-refractivity contribution in [3.05, 3.63) is 28.8 Å². The largest absolute Gasteiger partial charge is 0.416 e. The van der Waals surface area contributed by atoms with E-state index in [9.17, 15) is 21.6 Å². The maximum atomic E-state index is 12.6. The van der Waals surface area contributed by atoms with Gasteiger partial charge in [-0.2, -0.15) is 17.5 Å². The van der Waals surface area contributed by atoms with Crippen molar-refractivity contribution in [3.63, 3.8) is 0 Å². The molecule has 1 aromatic carbocycles. The summed E-state index contributed by atoms with van der Waals surface area (Å²) in [4.78, 5) is -0.549. The summed E-state index contributed by atoms with van der Waals surface area (Å²) in [5.74, 6) is 0. The second-order valence-electron chi connectivity index (χ2n) is 4.07. The van der Waals surface area contributed by atoms with Crippen molar-refractivity contribution < 1.29 is 21.6 Å². The monoisotopic (exact) mass is 330 g/mol. The standard InChI is InChI=1S/C11H14ClF3N2O2S/c1-16-5-6-17(2)20(18,19)10-7-8(11(13,14)15)3-4-9(10)12/h3-4,7,16H,5-6H2,1-2H3. The number of halogens is 4. The molecule has 0 amide bonds. The van der Waals surface area contributed by atoms with E-state index in [4.69, 9.17) is 11.6 Å². The summed E-state index contributed by atoms with van der Waals surface area (Å²) < 4.78 is 63.2. The fourth-order valence-electron chi connectivity index (χ4n) is 1.43. The molecule has 9 heteroatoms. The van der Waals surface area contributed by atoms with Crippen LogP contribution in [0, 0.1) is 0 Å². The molecule has 0 saturated heterocycles. The number of rotatable bonds is 5. The Morgan fingerprint density at radius 2 is 1.95 bits per heavy atom. The van der Waals surface area contributed by atoms with Crippen LogP contribution in [0.2, 0.25) is 5.02 Å². The fourth-order valence-corrected chi connectivity index (χ4v) is 3.10. The van der Waals surface area contributed by atoms with Crippen molar-refractivity contribution in [2.75, 3.05) is 27.2 Å². The van der Waals surface area contributed by atoms with E-state index in [1.54, 1.807) is 7.05 Å². The lowest BCUT2D eigenvalue weighted by Gasteiger charge is -2.18. The van der Waals surface area contributed by atoms with Crippen LogP contribution in [-0.2, 0) is 16.2 Å². The molecule has 114 valence electrons. The first kappa shape index (κ1) is 17.2. The van der Waals surface area contributed by atoms with Crippen LogP contribution >= 0.6 is 11.6 Å². The van der Waals surface area contributed by atoms with Gasteiger partial charge in [0.1, 0.15) is 4.90 Å². The maximum absolute atomic E-state index is 12.6. The first-order chi connectivity index (χ1) is 9.10. The van der Waals surface area contributed by atoms with E-state index in [1.807, 2.05) is 0 Å². The molecule has 1 aromatic rings. The molecule has 0 aliphatic heterocycles. The first-order valence-corrected chi connectivity index (χ1v) is 7.40. The number of likely N-dealkylation sites (N-methyl/N-ethyl adjacent to an activating group) is 2. The molecule has 1 N–H and O–H groups in total. The molecule has 0 saturated carbocycles. The zero-order chi connectivity index (χ0) is 15.6. The van der Waals surface area contributed by atoms with E-state index in [2.05, 4.69) is 5.32 Å². The lowest BCUT2D eigenvalue weighted by molar-refractivity contribution is -0.137. The van der Waals surface area contributed by atoms with E-state index in [0.717, 1.165) is 16.4 Å². The molecular weight excluding hydrogens is 317 g/mol. The van der Waals surface area contributed by atoms with Crippen molar-refractivity contribution in [1.82, 2.24) is 9.62 Å². The Hall–Kier alpha value is -0.830. The van der Waals surface area contributed by atoms with Gasteiger partial charge in [0.05, 0.1) is 10.6 Å². The van der Waals surface area contributed by atoms with Crippen LogP contribution in [0.4, 0.5) is 13.2 Å². The molecule has 0 bridgehead atoms. The Morgan fingerprint density at radius 1 is 1.35 bits per heavy atom. The summed E-state index contributed by atoms with van der Waals surface area (Å²) in [6.07, 6.45) is -4.63. The van der Waals surface area contributed by atoms with E-state index in [0.29, 0.717) is 12.6 Å². The average Bonchev–Trinajstić information content (AvgIpc) is 2.34. The predicted molar refractivity (Wildman–Crippen MR) is 70.2 cm³/mol. The molecule has 0 aromatic heterocycles. The second-order valence-corrected chi connectivity index (χ2v) is 6.49. The van der Waals surface area contributed by atoms with Crippen molar-refractivity contribution >= 4 is 21.6 Å². The summed E-state index contributed by atoms with van der Waals surface area (Å²) in [5.41, 5.74) is -1.05. The Morgan fingerprint density at radius 3 is 2.45 bits per heavy atom. The number of sulfonamides is 1. The van der Waals surface area contributed by atoms with Crippen molar-refractivity contribution in [3.8, 4) is 0 Å². The summed E-state index contributed by atoms with van der Waals surface area (Å²) in [6, 6.07) is 2.23. The van der Waals surface area contributed by atoms with Gasteiger partial charge in [0.15, 0.2) is 0 Å². The quantitative estimate of drug-likeness (QED) is 0.900. The average molecular weight is 331 g/mol. The third-order valence-electron chi connectivity index (χ3n) is 2.62. The highest BCUT2D eigenvalue weighted by Gasteiger charge is 2.33. The Balaban J connectivity index is 3.24. The fraction of sp³-hybridized carbons (Fsp3) is 0.455. The maximum Gasteiger partial charge on any atom is 0.416 e. The molecule has 0 aliphatic carbocycles. The molecule has 0 radical (unpaired) electrons. The minimum absolute atomic E-state index is 0.116. The van der Waals surface area contributed by atoms with Gasteiger partial charge >= 0.3 is 6.18 Å². The van der Waals surface area contributed by atoms with Crippen molar-refractivity contribution in [1.29, 1.82) is 0 Å². The Bertz CT molecular complexity index is 576.